The zero-order chi connectivity index (χ0) is 78.8. The molecule has 0 saturated heterocycles. The highest BCUT2D eigenvalue weighted by atomic mass is 79.9. The molecule has 11 rings (SSSR count). The monoisotopic (exact) mass is 1500 g/mol. The third kappa shape index (κ3) is 45.9. The molecule has 8 aromatic carbocycles. The van der Waals surface area contributed by atoms with Crippen molar-refractivity contribution in [1.82, 2.24) is 4.98 Å². The number of hydrogen-bond donors (Lipinski definition) is 0. The molecule has 0 bridgehead atoms. The van der Waals surface area contributed by atoms with Crippen LogP contribution < -0.4 is 0 Å². The van der Waals surface area contributed by atoms with E-state index in [1.807, 2.05) is 60.0 Å². The SMILES string of the molecule is CC(C)/C=C/c1ccccc1.CC(C)c1ccc(Br)cc1.CC(C)c1ccc(F)cc1.CC(C)c1ccccc1.CC(C)c1cccnc1.CC(C)c1ccco1.CC(C)c1cccs1.Cc1ccc(C(C)C)cc1.Cc1ccc(C(C)C)cc1.Cc1ccc(C(C)C)cc1.Cc1ccccc1C(C)C. The third-order valence-electron chi connectivity index (χ3n) is 16.6. The number of thiophene rings is 1. The summed E-state index contributed by atoms with van der Waals surface area (Å²) in [5.41, 5.74) is 17.7. The van der Waals surface area contributed by atoms with E-state index in [2.05, 4.69) is 407 Å². The Kier molecular flexibility index (Phi) is 50.2. The van der Waals surface area contributed by atoms with Crippen LogP contribution in [-0.2, 0) is 0 Å². The highest BCUT2D eigenvalue weighted by Crippen LogP contribution is 2.22. The molecule has 0 spiro atoms. The molecule has 0 aliphatic heterocycles. The Balaban J connectivity index is 0.000000578. The van der Waals surface area contributed by atoms with E-state index < -0.39 is 0 Å². The number of halogens is 2. The zero-order valence-electron chi connectivity index (χ0n) is 69.4. The molecule has 5 heteroatoms. The second-order valence-corrected chi connectivity index (χ2v) is 31.9. The average Bonchev–Trinajstić information content (AvgIpc) is 1.94. The summed E-state index contributed by atoms with van der Waals surface area (Å²) in [6.07, 6.45) is 9.77. The first-order valence-corrected chi connectivity index (χ1v) is 39.9. The van der Waals surface area contributed by atoms with Gasteiger partial charge in [-0.1, -0.05) is 391 Å². The van der Waals surface area contributed by atoms with Crippen LogP contribution in [0.5, 0.6) is 0 Å². The lowest BCUT2D eigenvalue weighted by molar-refractivity contribution is 0.487. The Morgan fingerprint density at radius 2 is 0.714 bits per heavy atom. The number of hydrogen-bond acceptors (Lipinski definition) is 3. The molecule has 3 heterocycles. The van der Waals surface area contributed by atoms with Crippen molar-refractivity contribution < 1.29 is 8.81 Å². The number of aromatic nitrogens is 1. The molecular weight excluding hydrogens is 1360 g/mol. The smallest absolute Gasteiger partial charge is 0.123 e. The van der Waals surface area contributed by atoms with Crippen molar-refractivity contribution in [2.24, 2.45) is 5.92 Å². The van der Waals surface area contributed by atoms with Crippen LogP contribution in [0.25, 0.3) is 6.08 Å². The van der Waals surface area contributed by atoms with Crippen molar-refractivity contribution in [3.63, 3.8) is 0 Å². The number of allylic oxidation sites excluding steroid dienone is 1. The van der Waals surface area contributed by atoms with Crippen LogP contribution >= 0.6 is 27.3 Å². The van der Waals surface area contributed by atoms with E-state index in [1.54, 1.807) is 12.5 Å². The van der Waals surface area contributed by atoms with Gasteiger partial charge in [0, 0.05) is 27.7 Å². The maximum absolute atomic E-state index is 12.4. The van der Waals surface area contributed by atoms with Crippen molar-refractivity contribution in [2.45, 2.75) is 239 Å². The minimum absolute atomic E-state index is 0.163. The number of benzene rings is 8. The van der Waals surface area contributed by atoms with Gasteiger partial charge >= 0.3 is 0 Å². The van der Waals surface area contributed by atoms with Crippen LogP contribution in [0.4, 0.5) is 4.39 Å². The normalized spacial score (nSPS) is 10.4. The molecule has 2 nitrogen and oxygen atoms in total. The van der Waals surface area contributed by atoms with Crippen LogP contribution in [-0.4, -0.2) is 4.98 Å². The fourth-order valence-corrected chi connectivity index (χ4v) is 10.5. The maximum atomic E-state index is 12.4. The van der Waals surface area contributed by atoms with Crippen molar-refractivity contribution in [2.75, 3.05) is 0 Å². The van der Waals surface area contributed by atoms with Gasteiger partial charge in [0.15, 0.2) is 0 Å². The largest absolute Gasteiger partial charge is 0.469 e. The summed E-state index contributed by atoms with van der Waals surface area (Å²) >= 11 is 5.23. The van der Waals surface area contributed by atoms with Crippen molar-refractivity contribution in [3.8, 4) is 0 Å². The van der Waals surface area contributed by atoms with E-state index in [9.17, 15) is 4.39 Å². The molecule has 0 radical (unpaired) electrons. The molecule has 0 atom stereocenters. The summed E-state index contributed by atoms with van der Waals surface area (Å²) < 4.78 is 18.6. The van der Waals surface area contributed by atoms with Gasteiger partial charge in [0.05, 0.1) is 6.26 Å². The molecule has 0 aliphatic rings. The lowest BCUT2D eigenvalue weighted by atomic mass is 9.99. The lowest BCUT2D eigenvalue weighted by Crippen LogP contribution is -1.89. The molecule has 0 N–H and O–H groups in total. The molecule has 566 valence electrons. The van der Waals surface area contributed by atoms with Gasteiger partial charge < -0.3 is 4.42 Å². The number of aryl methyl sites for hydroxylation is 4. The minimum atomic E-state index is -0.163. The topological polar surface area (TPSA) is 26.0 Å². The summed E-state index contributed by atoms with van der Waals surface area (Å²) in [7, 11) is 0. The van der Waals surface area contributed by atoms with Crippen molar-refractivity contribution in [3.05, 3.63) is 366 Å². The molecule has 0 saturated carbocycles. The summed E-state index contributed by atoms with van der Waals surface area (Å²) in [5, 5.41) is 2.12. The van der Waals surface area contributed by atoms with E-state index in [0.717, 1.165) is 10.2 Å². The van der Waals surface area contributed by atoms with E-state index in [4.69, 9.17) is 4.42 Å². The van der Waals surface area contributed by atoms with Crippen LogP contribution in [0.2, 0.25) is 0 Å². The molecule has 0 unspecified atom stereocenters. The highest BCUT2D eigenvalue weighted by molar-refractivity contribution is 9.10. The molecule has 3 aromatic heterocycles. The summed E-state index contributed by atoms with van der Waals surface area (Å²) in [5.74, 6) is 7.74. The highest BCUT2D eigenvalue weighted by Gasteiger charge is 2.04. The first-order chi connectivity index (χ1) is 49.7. The van der Waals surface area contributed by atoms with E-state index >= 15 is 0 Å². The maximum Gasteiger partial charge on any atom is 0.123 e. The Hall–Kier alpha value is -7.96. The van der Waals surface area contributed by atoms with Crippen LogP contribution in [0, 0.1) is 39.4 Å². The number of furan rings is 1. The minimum Gasteiger partial charge on any atom is -0.469 e. The van der Waals surface area contributed by atoms with Crippen LogP contribution in [0.3, 0.4) is 0 Å². The van der Waals surface area contributed by atoms with Gasteiger partial charge in [-0.2, -0.15) is 0 Å². The quantitative estimate of drug-likeness (QED) is 0.122. The summed E-state index contributed by atoms with van der Waals surface area (Å²) in [6, 6.07) is 82.9. The Morgan fingerprint density at radius 3 is 0.990 bits per heavy atom. The van der Waals surface area contributed by atoms with E-state index in [0.29, 0.717) is 65.1 Å². The van der Waals surface area contributed by atoms with Gasteiger partial charge in [-0.25, -0.2) is 4.39 Å². The Bertz CT molecular complexity index is 3440. The molecular formula is C100H135BrFNOS. The number of nitrogens with zero attached hydrogens (tertiary/aromatic N) is 1. The first kappa shape index (κ1) is 95.1. The number of rotatable bonds is 12. The lowest BCUT2D eigenvalue weighted by Gasteiger charge is -2.07. The summed E-state index contributed by atoms with van der Waals surface area (Å²) in [4.78, 5) is 5.48. The van der Waals surface area contributed by atoms with Crippen LogP contribution in [0.15, 0.2) is 282 Å². The summed E-state index contributed by atoms with van der Waals surface area (Å²) in [6.45, 7) is 56.6. The fraction of sp³-hybridized carbons (Fsp3) is 0.370. The van der Waals surface area contributed by atoms with Gasteiger partial charge in [0.2, 0.25) is 0 Å². The average molecular weight is 1500 g/mol. The van der Waals surface area contributed by atoms with Gasteiger partial charge in [-0.3, -0.25) is 4.98 Å². The van der Waals surface area contributed by atoms with E-state index in [1.165, 1.54) is 89.3 Å². The molecule has 0 fully saturated rings. The predicted molar refractivity (Wildman–Crippen MR) is 470 cm³/mol. The van der Waals surface area contributed by atoms with Gasteiger partial charge in [0.1, 0.15) is 11.6 Å². The Labute approximate surface area is 653 Å². The third-order valence-corrected chi connectivity index (χ3v) is 18.3. The molecule has 0 amide bonds. The van der Waals surface area contributed by atoms with E-state index in [-0.39, 0.29) is 5.82 Å². The van der Waals surface area contributed by atoms with Gasteiger partial charge in [-0.15, -0.1) is 11.3 Å². The zero-order valence-corrected chi connectivity index (χ0v) is 71.8. The standard InChI is InChI=1S/C11H14.4C10H14.C9H11Br.C9H11F.C9H12.C8H11N.C7H10O.C7H10S/c1-10(2)8-9-11-6-4-3-5-7-11;3*1-8(2)10-6-4-9(3)5-7-10;1-8(2)10-7-5-4-6-9(10)3;2*1-7(2)8-3-5-9(10)6-4-8;1-8(2)9-6-4-3-5-7-9;1-7(2)8-4-3-5-9-6-8;2*1-6(2)7-4-3-5-8-7/h3-10H,1-2H3;4*4-8H,1-3H3;2*3-7H,1-2H3;3-8H,1-2H3;3-7H,1-2H3;2*3-6H,1-2H3/b9-8+;;;;;;;;;;. The van der Waals surface area contributed by atoms with Gasteiger partial charge in [0.25, 0.3) is 0 Å². The molecule has 105 heavy (non-hydrogen) atoms. The Morgan fingerprint density at radius 1 is 0.343 bits per heavy atom. The molecule has 0 aliphatic carbocycles. The predicted octanol–water partition coefficient (Wildman–Crippen LogP) is 32.6. The molecule has 11 aromatic rings. The second-order valence-electron chi connectivity index (χ2n) is 30.0. The number of pyridine rings is 1. The van der Waals surface area contributed by atoms with Crippen molar-refractivity contribution >= 4 is 33.3 Å². The second kappa shape index (κ2) is 55.5. The first-order valence-electron chi connectivity index (χ1n) is 38.2. The fourth-order valence-electron chi connectivity index (χ4n) is 9.45. The van der Waals surface area contributed by atoms with Crippen molar-refractivity contribution in [1.29, 1.82) is 0 Å². The van der Waals surface area contributed by atoms with Gasteiger partial charge in [-0.05, 0) is 196 Å². The van der Waals surface area contributed by atoms with Crippen LogP contribution in [0.1, 0.15) is 294 Å².